The molecule has 0 bridgehead atoms. The molecule has 6 nitrogen and oxygen atoms in total. The minimum atomic E-state index is 0.258. The molecule has 6 heteroatoms. The van der Waals surface area contributed by atoms with E-state index in [1.165, 1.54) is 0 Å². The van der Waals surface area contributed by atoms with Crippen LogP contribution in [0, 0.1) is 6.92 Å². The molecule has 0 fully saturated rings. The highest BCUT2D eigenvalue weighted by atomic mass is 15.5. The fraction of sp³-hybridized carbons (Fsp3) is 0.364. The average molecular weight is 232 g/mol. The lowest BCUT2D eigenvalue weighted by atomic mass is 10.1. The first kappa shape index (κ1) is 11.5. The molecule has 0 aliphatic heterocycles. The van der Waals surface area contributed by atoms with Crippen molar-refractivity contribution in [1.29, 1.82) is 0 Å². The number of rotatable bonds is 4. The zero-order valence-electron chi connectivity index (χ0n) is 9.96. The molecule has 1 aromatic carbocycles. The third-order valence-corrected chi connectivity index (χ3v) is 2.56. The number of aromatic nitrogens is 4. The van der Waals surface area contributed by atoms with Gasteiger partial charge < -0.3 is 11.1 Å². The van der Waals surface area contributed by atoms with Crippen LogP contribution in [0.2, 0.25) is 0 Å². The second-order valence-corrected chi connectivity index (χ2v) is 4.04. The largest absolute Gasteiger partial charge is 0.381 e. The molecule has 0 aliphatic carbocycles. The predicted octanol–water partition coefficient (Wildman–Crippen LogP) is 0.730. The molecule has 1 unspecified atom stereocenters. The van der Waals surface area contributed by atoms with Crippen molar-refractivity contribution in [2.45, 2.75) is 19.9 Å². The summed E-state index contributed by atoms with van der Waals surface area (Å²) in [5, 5.41) is 14.4. The molecule has 1 atom stereocenters. The summed E-state index contributed by atoms with van der Waals surface area (Å²) in [4.78, 5) is 0. The quantitative estimate of drug-likeness (QED) is 0.812. The number of nitrogens with two attached hydrogens (primary N) is 1. The standard InChI is InChI=1S/C11H16N6/c1-8-5-10(14-9(2)6-12)3-4-11(8)17-7-13-15-16-17/h3-5,7,9,14H,6,12H2,1-2H3. The van der Waals surface area contributed by atoms with E-state index in [1.54, 1.807) is 11.0 Å². The van der Waals surface area contributed by atoms with E-state index in [0.717, 1.165) is 16.9 Å². The van der Waals surface area contributed by atoms with Crippen molar-refractivity contribution in [2.24, 2.45) is 5.73 Å². The third-order valence-electron chi connectivity index (χ3n) is 2.56. The number of aryl methyl sites for hydroxylation is 1. The van der Waals surface area contributed by atoms with E-state index in [2.05, 4.69) is 26.9 Å². The van der Waals surface area contributed by atoms with Gasteiger partial charge in [-0.1, -0.05) is 0 Å². The van der Waals surface area contributed by atoms with Gasteiger partial charge in [-0.25, -0.2) is 4.68 Å². The smallest absolute Gasteiger partial charge is 0.143 e. The van der Waals surface area contributed by atoms with Crippen LogP contribution in [0.15, 0.2) is 24.5 Å². The van der Waals surface area contributed by atoms with Gasteiger partial charge in [0.15, 0.2) is 0 Å². The lowest BCUT2D eigenvalue weighted by molar-refractivity contribution is 0.784. The summed E-state index contributed by atoms with van der Waals surface area (Å²) < 4.78 is 1.64. The van der Waals surface area contributed by atoms with Crippen molar-refractivity contribution in [2.75, 3.05) is 11.9 Å². The molecule has 2 aromatic rings. The van der Waals surface area contributed by atoms with Crippen LogP contribution in [-0.4, -0.2) is 32.8 Å². The van der Waals surface area contributed by atoms with Gasteiger partial charge in [0.05, 0.1) is 5.69 Å². The predicted molar refractivity (Wildman–Crippen MR) is 66.0 cm³/mol. The van der Waals surface area contributed by atoms with Gasteiger partial charge >= 0.3 is 0 Å². The molecule has 1 aromatic heterocycles. The molecule has 0 aliphatic rings. The monoisotopic (exact) mass is 232 g/mol. The SMILES string of the molecule is Cc1cc(NC(C)CN)ccc1-n1cnnn1. The second kappa shape index (κ2) is 4.92. The third kappa shape index (κ3) is 2.59. The highest BCUT2D eigenvalue weighted by Gasteiger charge is 2.05. The molecule has 0 radical (unpaired) electrons. The van der Waals surface area contributed by atoms with Crippen molar-refractivity contribution in [3.63, 3.8) is 0 Å². The summed E-state index contributed by atoms with van der Waals surface area (Å²) in [6.45, 7) is 4.67. The zero-order valence-corrected chi connectivity index (χ0v) is 9.96. The molecule has 3 N–H and O–H groups in total. The number of tetrazole rings is 1. The second-order valence-electron chi connectivity index (χ2n) is 4.04. The van der Waals surface area contributed by atoms with Crippen LogP contribution in [0.1, 0.15) is 12.5 Å². The highest BCUT2D eigenvalue weighted by Crippen LogP contribution is 2.18. The Morgan fingerprint density at radius 1 is 1.47 bits per heavy atom. The van der Waals surface area contributed by atoms with Crippen LogP contribution in [-0.2, 0) is 0 Å². The van der Waals surface area contributed by atoms with Crippen LogP contribution in [0.25, 0.3) is 5.69 Å². The molecule has 2 rings (SSSR count). The molecular formula is C11H16N6. The van der Waals surface area contributed by atoms with E-state index in [4.69, 9.17) is 5.73 Å². The van der Waals surface area contributed by atoms with Crippen molar-refractivity contribution >= 4 is 5.69 Å². The normalized spacial score (nSPS) is 12.4. The number of nitrogens with zero attached hydrogens (tertiary/aromatic N) is 4. The maximum absolute atomic E-state index is 5.57. The lowest BCUT2D eigenvalue weighted by Crippen LogP contribution is -2.25. The first-order valence-electron chi connectivity index (χ1n) is 5.51. The number of hydrogen-bond acceptors (Lipinski definition) is 5. The maximum Gasteiger partial charge on any atom is 0.143 e. The summed E-state index contributed by atoms with van der Waals surface area (Å²) in [5.41, 5.74) is 8.70. The number of benzene rings is 1. The van der Waals surface area contributed by atoms with Gasteiger partial charge in [0.2, 0.25) is 0 Å². The summed E-state index contributed by atoms with van der Waals surface area (Å²) in [7, 11) is 0. The number of anilines is 1. The topological polar surface area (TPSA) is 81.6 Å². The Kier molecular flexibility index (Phi) is 3.34. The van der Waals surface area contributed by atoms with Crippen LogP contribution in [0.4, 0.5) is 5.69 Å². The fourth-order valence-corrected chi connectivity index (χ4v) is 1.62. The van der Waals surface area contributed by atoms with E-state index in [1.807, 2.05) is 26.0 Å². The Morgan fingerprint density at radius 2 is 2.29 bits per heavy atom. The van der Waals surface area contributed by atoms with E-state index in [0.29, 0.717) is 6.54 Å². The maximum atomic E-state index is 5.57. The van der Waals surface area contributed by atoms with Gasteiger partial charge in [-0.3, -0.25) is 0 Å². The lowest BCUT2D eigenvalue weighted by Gasteiger charge is -2.14. The summed E-state index contributed by atoms with van der Waals surface area (Å²) in [5.74, 6) is 0. The van der Waals surface area contributed by atoms with E-state index in [-0.39, 0.29) is 6.04 Å². The van der Waals surface area contributed by atoms with Crippen LogP contribution in [0.5, 0.6) is 0 Å². The molecular weight excluding hydrogens is 216 g/mol. The van der Waals surface area contributed by atoms with Crippen molar-refractivity contribution in [3.05, 3.63) is 30.1 Å². The van der Waals surface area contributed by atoms with Crippen molar-refractivity contribution in [3.8, 4) is 5.69 Å². The van der Waals surface area contributed by atoms with Crippen LogP contribution >= 0.6 is 0 Å². The van der Waals surface area contributed by atoms with Gasteiger partial charge in [-0.05, 0) is 48.0 Å². The van der Waals surface area contributed by atoms with Gasteiger partial charge in [-0.15, -0.1) is 5.10 Å². The minimum absolute atomic E-state index is 0.258. The molecule has 0 saturated heterocycles. The summed E-state index contributed by atoms with van der Waals surface area (Å²) >= 11 is 0. The Bertz CT molecular complexity index is 479. The number of nitrogens with one attached hydrogen (secondary N) is 1. The Hall–Kier alpha value is -1.95. The Morgan fingerprint density at radius 3 is 2.88 bits per heavy atom. The van der Waals surface area contributed by atoms with Crippen molar-refractivity contribution in [1.82, 2.24) is 20.2 Å². The molecule has 90 valence electrons. The van der Waals surface area contributed by atoms with Gasteiger partial charge in [0.25, 0.3) is 0 Å². The van der Waals surface area contributed by atoms with Gasteiger partial charge in [-0.2, -0.15) is 0 Å². The molecule has 0 saturated carbocycles. The van der Waals surface area contributed by atoms with Crippen LogP contribution < -0.4 is 11.1 Å². The Balaban J connectivity index is 2.23. The van der Waals surface area contributed by atoms with Gasteiger partial charge in [0, 0.05) is 18.3 Å². The minimum Gasteiger partial charge on any atom is -0.381 e. The molecule has 1 heterocycles. The highest BCUT2D eigenvalue weighted by molar-refractivity contribution is 5.53. The van der Waals surface area contributed by atoms with E-state index >= 15 is 0 Å². The fourth-order valence-electron chi connectivity index (χ4n) is 1.62. The Labute approximate surface area is 99.8 Å². The molecule has 0 amide bonds. The van der Waals surface area contributed by atoms with Gasteiger partial charge in [0.1, 0.15) is 6.33 Å². The first-order valence-corrected chi connectivity index (χ1v) is 5.51. The van der Waals surface area contributed by atoms with E-state index < -0.39 is 0 Å². The van der Waals surface area contributed by atoms with E-state index in [9.17, 15) is 0 Å². The van der Waals surface area contributed by atoms with Crippen LogP contribution in [0.3, 0.4) is 0 Å². The van der Waals surface area contributed by atoms with Crippen molar-refractivity contribution < 1.29 is 0 Å². The molecule has 0 spiro atoms. The first-order chi connectivity index (χ1) is 8.20. The average Bonchev–Trinajstić information content (AvgIpc) is 2.82. The zero-order chi connectivity index (χ0) is 12.3. The summed E-state index contributed by atoms with van der Waals surface area (Å²) in [6, 6.07) is 6.30. The molecule has 17 heavy (non-hydrogen) atoms. The summed E-state index contributed by atoms with van der Waals surface area (Å²) in [6.07, 6.45) is 1.58. The number of hydrogen-bond donors (Lipinski definition) is 2.